The molecule has 0 atom stereocenters. The maximum Gasteiger partial charge on any atom is 0.243 e. The summed E-state index contributed by atoms with van der Waals surface area (Å²) in [5.41, 5.74) is -1.74. The Bertz CT molecular complexity index is 293. The van der Waals surface area contributed by atoms with E-state index in [1.54, 1.807) is 0 Å². The van der Waals surface area contributed by atoms with Gasteiger partial charge in [-0.05, 0) is 40.5 Å². The molecule has 0 saturated carbocycles. The predicted octanol–water partition coefficient (Wildman–Crippen LogP) is 1.92. The molecule has 1 amide bonds. The second kappa shape index (κ2) is 3.70. The van der Waals surface area contributed by atoms with E-state index >= 15 is 0 Å². The van der Waals surface area contributed by atoms with Crippen LogP contribution >= 0.6 is 0 Å². The van der Waals surface area contributed by atoms with E-state index in [4.69, 9.17) is 0 Å². The van der Waals surface area contributed by atoms with Gasteiger partial charge in [-0.25, -0.2) is 0 Å². The zero-order valence-electron chi connectivity index (χ0n) is 11.2. The molecule has 0 bridgehead atoms. The van der Waals surface area contributed by atoms with Crippen LogP contribution < -0.4 is 5.32 Å². The summed E-state index contributed by atoms with van der Waals surface area (Å²) < 4.78 is 0. The molecule has 1 rings (SSSR count). The third-order valence-corrected chi connectivity index (χ3v) is 4.48. The molecule has 1 aliphatic heterocycles. The quantitative estimate of drug-likeness (QED) is 0.759. The number of piperazine rings is 1. The minimum Gasteiger partial charge on any atom is -0.348 e. The van der Waals surface area contributed by atoms with E-state index in [0.29, 0.717) is 12.8 Å². The third-order valence-electron chi connectivity index (χ3n) is 4.48. The van der Waals surface area contributed by atoms with Crippen molar-refractivity contribution in [2.24, 2.45) is 0 Å². The summed E-state index contributed by atoms with van der Waals surface area (Å²) in [4.78, 5) is 12.2. The first kappa shape index (κ1) is 13.5. The number of hydrogen-bond donors (Lipinski definition) is 2. The van der Waals surface area contributed by atoms with Crippen LogP contribution in [0.3, 0.4) is 0 Å². The summed E-state index contributed by atoms with van der Waals surface area (Å²) in [6, 6.07) is 0. The molecule has 0 aromatic heterocycles. The van der Waals surface area contributed by atoms with Crippen LogP contribution in [0, 0.1) is 0 Å². The number of nitrogens with zero attached hydrogens (tertiary/aromatic N) is 1. The van der Waals surface area contributed by atoms with Crippen molar-refractivity contribution in [1.29, 1.82) is 0 Å². The van der Waals surface area contributed by atoms with Crippen LogP contribution in [0.5, 0.6) is 0 Å². The van der Waals surface area contributed by atoms with Gasteiger partial charge >= 0.3 is 0 Å². The van der Waals surface area contributed by atoms with E-state index < -0.39 is 16.6 Å². The van der Waals surface area contributed by atoms with Gasteiger partial charge in [0.2, 0.25) is 5.91 Å². The standard InChI is InChI=1S/C12H24N2O2/c1-7-12(8-2)9(15)13-10(3,4)11(5,6)14(12)16/h16H,7-8H2,1-6H3,(H,13,15). The van der Waals surface area contributed by atoms with Gasteiger partial charge in [-0.3, -0.25) is 4.79 Å². The van der Waals surface area contributed by atoms with Gasteiger partial charge < -0.3 is 10.5 Å². The van der Waals surface area contributed by atoms with Crippen molar-refractivity contribution in [3.63, 3.8) is 0 Å². The highest BCUT2D eigenvalue weighted by atomic mass is 16.5. The monoisotopic (exact) mass is 228 g/mol. The summed E-state index contributed by atoms with van der Waals surface area (Å²) in [7, 11) is 0. The minimum absolute atomic E-state index is 0.0793. The predicted molar refractivity (Wildman–Crippen MR) is 63.2 cm³/mol. The first-order valence-corrected chi connectivity index (χ1v) is 5.97. The zero-order valence-corrected chi connectivity index (χ0v) is 11.2. The fourth-order valence-electron chi connectivity index (χ4n) is 2.32. The van der Waals surface area contributed by atoms with Crippen LogP contribution in [0.25, 0.3) is 0 Å². The lowest BCUT2D eigenvalue weighted by molar-refractivity contribution is -0.263. The van der Waals surface area contributed by atoms with E-state index in [2.05, 4.69) is 5.32 Å². The van der Waals surface area contributed by atoms with Gasteiger partial charge in [-0.15, -0.1) is 0 Å². The number of nitrogens with one attached hydrogen (secondary N) is 1. The maximum atomic E-state index is 12.2. The number of carbonyl (C=O) groups is 1. The van der Waals surface area contributed by atoms with Gasteiger partial charge in [-0.2, -0.15) is 5.06 Å². The molecule has 4 nitrogen and oxygen atoms in total. The molecule has 0 radical (unpaired) electrons. The highest BCUT2D eigenvalue weighted by Gasteiger charge is 2.58. The van der Waals surface area contributed by atoms with Crippen LogP contribution in [-0.2, 0) is 4.79 Å². The first-order valence-electron chi connectivity index (χ1n) is 5.97. The molecule has 4 heteroatoms. The van der Waals surface area contributed by atoms with Crippen molar-refractivity contribution in [2.75, 3.05) is 0 Å². The lowest BCUT2D eigenvalue weighted by atomic mass is 9.73. The van der Waals surface area contributed by atoms with E-state index in [-0.39, 0.29) is 5.91 Å². The lowest BCUT2D eigenvalue weighted by Crippen LogP contribution is -2.79. The Labute approximate surface area is 98.0 Å². The third kappa shape index (κ3) is 1.47. The Hall–Kier alpha value is -0.610. The molecule has 94 valence electrons. The van der Waals surface area contributed by atoms with Crippen LogP contribution in [-0.4, -0.2) is 32.8 Å². The summed E-state index contributed by atoms with van der Waals surface area (Å²) in [6.45, 7) is 11.6. The molecule has 1 saturated heterocycles. The van der Waals surface area contributed by atoms with Gasteiger partial charge in [0.15, 0.2) is 0 Å². The van der Waals surface area contributed by atoms with E-state index in [0.717, 1.165) is 0 Å². The Balaban J connectivity index is 3.25. The Morgan fingerprint density at radius 1 is 1.19 bits per heavy atom. The van der Waals surface area contributed by atoms with Gasteiger partial charge in [0.1, 0.15) is 5.54 Å². The van der Waals surface area contributed by atoms with Gasteiger partial charge in [0.05, 0.1) is 11.1 Å². The van der Waals surface area contributed by atoms with E-state index in [1.165, 1.54) is 5.06 Å². The first-order chi connectivity index (χ1) is 7.15. The minimum atomic E-state index is -0.793. The van der Waals surface area contributed by atoms with Gasteiger partial charge in [-0.1, -0.05) is 13.8 Å². The average Bonchev–Trinajstić information content (AvgIpc) is 2.17. The molecule has 1 aliphatic rings. The molecule has 0 unspecified atom stereocenters. The molecule has 0 aromatic carbocycles. The van der Waals surface area contributed by atoms with E-state index in [9.17, 15) is 10.0 Å². The summed E-state index contributed by atoms with van der Waals surface area (Å²) >= 11 is 0. The summed E-state index contributed by atoms with van der Waals surface area (Å²) in [5, 5.41) is 14.7. The zero-order chi connectivity index (χ0) is 12.8. The highest BCUT2D eigenvalue weighted by Crippen LogP contribution is 2.40. The fourth-order valence-corrected chi connectivity index (χ4v) is 2.32. The molecular weight excluding hydrogens is 204 g/mol. The molecule has 0 aromatic rings. The molecule has 0 spiro atoms. The SMILES string of the molecule is CCC1(CC)C(=O)NC(C)(C)C(C)(C)N1O. The second-order valence-electron chi connectivity index (χ2n) is 5.69. The Morgan fingerprint density at radius 3 is 2.00 bits per heavy atom. The number of amides is 1. The number of hydrogen-bond acceptors (Lipinski definition) is 3. The molecule has 0 aliphatic carbocycles. The fraction of sp³-hybridized carbons (Fsp3) is 0.917. The molecular formula is C12H24N2O2. The highest BCUT2D eigenvalue weighted by molar-refractivity contribution is 5.88. The summed E-state index contributed by atoms with van der Waals surface area (Å²) in [5.74, 6) is -0.0793. The second-order valence-corrected chi connectivity index (χ2v) is 5.69. The van der Waals surface area contributed by atoms with Crippen molar-refractivity contribution >= 4 is 5.91 Å². The molecule has 16 heavy (non-hydrogen) atoms. The van der Waals surface area contributed by atoms with Crippen LogP contribution in [0.1, 0.15) is 54.4 Å². The lowest BCUT2D eigenvalue weighted by Gasteiger charge is -2.58. The molecule has 1 fully saturated rings. The Morgan fingerprint density at radius 2 is 1.62 bits per heavy atom. The maximum absolute atomic E-state index is 12.2. The van der Waals surface area contributed by atoms with Crippen molar-refractivity contribution in [1.82, 2.24) is 10.4 Å². The Kier molecular flexibility index (Phi) is 3.12. The van der Waals surface area contributed by atoms with Gasteiger partial charge in [0.25, 0.3) is 0 Å². The smallest absolute Gasteiger partial charge is 0.243 e. The van der Waals surface area contributed by atoms with Crippen molar-refractivity contribution < 1.29 is 10.0 Å². The van der Waals surface area contributed by atoms with Crippen molar-refractivity contribution in [2.45, 2.75) is 71.0 Å². The van der Waals surface area contributed by atoms with Crippen LogP contribution in [0.15, 0.2) is 0 Å². The summed E-state index contributed by atoms with van der Waals surface area (Å²) in [6.07, 6.45) is 1.21. The number of rotatable bonds is 2. The normalized spacial score (nSPS) is 27.6. The van der Waals surface area contributed by atoms with Gasteiger partial charge in [0, 0.05) is 0 Å². The van der Waals surface area contributed by atoms with E-state index in [1.807, 2.05) is 41.5 Å². The molecule has 2 N–H and O–H groups in total. The topological polar surface area (TPSA) is 52.6 Å². The number of carbonyl (C=O) groups excluding carboxylic acids is 1. The van der Waals surface area contributed by atoms with Crippen LogP contribution in [0.2, 0.25) is 0 Å². The average molecular weight is 228 g/mol. The number of hydroxylamine groups is 2. The largest absolute Gasteiger partial charge is 0.348 e. The van der Waals surface area contributed by atoms with Crippen LogP contribution in [0.4, 0.5) is 0 Å². The van der Waals surface area contributed by atoms with Crippen molar-refractivity contribution in [3.05, 3.63) is 0 Å². The molecule has 1 heterocycles. The van der Waals surface area contributed by atoms with Crippen molar-refractivity contribution in [3.8, 4) is 0 Å².